The number of carbonyl (C=O) groups excluding carboxylic acids is 1. The number of nitrogens with one attached hydrogen (secondary N) is 2. The van der Waals surface area contributed by atoms with Crippen LogP contribution in [0, 0.1) is 0 Å². The highest BCUT2D eigenvalue weighted by atomic mass is 35.5. The zero-order chi connectivity index (χ0) is 15.8. The van der Waals surface area contributed by atoms with E-state index in [-0.39, 0.29) is 31.0 Å². The monoisotopic (exact) mass is 340 g/mol. The topological polar surface area (TPSA) is 59.6 Å². The van der Waals surface area contributed by atoms with Gasteiger partial charge < -0.3 is 20.1 Å². The Bertz CT molecular complexity index is 517. The molecule has 1 heterocycles. The van der Waals surface area contributed by atoms with Crippen LogP contribution in [-0.4, -0.2) is 38.8 Å². The fourth-order valence-corrected chi connectivity index (χ4v) is 2.51. The number of allylic oxidation sites excluding steroid dienone is 1. The summed E-state index contributed by atoms with van der Waals surface area (Å²) in [6.07, 6.45) is 4.70. The zero-order valence-corrected chi connectivity index (χ0v) is 14.3. The second-order valence-corrected chi connectivity index (χ2v) is 5.38. The minimum atomic E-state index is -0.106. The lowest BCUT2D eigenvalue weighted by molar-refractivity contribution is -0.123. The maximum Gasteiger partial charge on any atom is 0.258 e. The van der Waals surface area contributed by atoms with Crippen molar-refractivity contribution in [3.63, 3.8) is 0 Å². The minimum absolute atomic E-state index is 0. The third-order valence-electron chi connectivity index (χ3n) is 3.63. The van der Waals surface area contributed by atoms with Gasteiger partial charge in [-0.3, -0.25) is 4.79 Å². The van der Waals surface area contributed by atoms with E-state index in [0.717, 1.165) is 37.9 Å². The minimum Gasteiger partial charge on any atom is -0.493 e. The van der Waals surface area contributed by atoms with Crippen LogP contribution in [-0.2, 0) is 11.2 Å². The Morgan fingerprint density at radius 1 is 1.48 bits per heavy atom. The van der Waals surface area contributed by atoms with E-state index in [1.54, 1.807) is 7.11 Å². The molecule has 2 N–H and O–H groups in total. The summed E-state index contributed by atoms with van der Waals surface area (Å²) in [5.74, 6) is 1.10. The third-order valence-corrected chi connectivity index (χ3v) is 3.63. The molecule has 1 amide bonds. The van der Waals surface area contributed by atoms with Crippen molar-refractivity contribution in [2.45, 2.75) is 25.3 Å². The first-order valence-electron chi connectivity index (χ1n) is 7.63. The van der Waals surface area contributed by atoms with Crippen molar-refractivity contribution in [3.8, 4) is 11.5 Å². The molecule has 2 rings (SSSR count). The van der Waals surface area contributed by atoms with Gasteiger partial charge in [-0.15, -0.1) is 19.0 Å². The number of amides is 1. The molecule has 128 valence electrons. The first-order chi connectivity index (χ1) is 10.7. The molecular formula is C17H25ClN2O3. The predicted octanol–water partition coefficient (Wildman–Crippen LogP) is 2.09. The largest absolute Gasteiger partial charge is 0.493 e. The number of halogens is 1. The summed E-state index contributed by atoms with van der Waals surface area (Å²) < 4.78 is 10.9. The Labute approximate surface area is 143 Å². The average Bonchev–Trinajstić information content (AvgIpc) is 2.54. The molecule has 1 aromatic carbocycles. The van der Waals surface area contributed by atoms with Crippen LogP contribution >= 0.6 is 12.4 Å². The SMILES string of the molecule is C=CCc1ccc(OCC(=O)NC2CCCNC2)c(OC)c1.Cl. The average molecular weight is 341 g/mol. The summed E-state index contributed by atoms with van der Waals surface area (Å²) in [7, 11) is 1.59. The molecule has 0 aromatic heterocycles. The molecule has 0 saturated carbocycles. The van der Waals surface area contributed by atoms with E-state index in [1.165, 1.54) is 0 Å². The van der Waals surface area contributed by atoms with Crippen molar-refractivity contribution >= 4 is 18.3 Å². The molecule has 1 aliphatic heterocycles. The summed E-state index contributed by atoms with van der Waals surface area (Å²) in [6.45, 7) is 5.56. The van der Waals surface area contributed by atoms with Crippen molar-refractivity contribution in [3.05, 3.63) is 36.4 Å². The third kappa shape index (κ3) is 6.12. The lowest BCUT2D eigenvalue weighted by Gasteiger charge is -2.23. The van der Waals surface area contributed by atoms with E-state index in [0.29, 0.717) is 11.5 Å². The number of carbonyl (C=O) groups is 1. The summed E-state index contributed by atoms with van der Waals surface area (Å²) in [5.41, 5.74) is 1.09. The Morgan fingerprint density at radius 3 is 2.96 bits per heavy atom. The van der Waals surface area contributed by atoms with Crippen molar-refractivity contribution < 1.29 is 14.3 Å². The van der Waals surface area contributed by atoms with E-state index in [9.17, 15) is 4.79 Å². The van der Waals surface area contributed by atoms with Gasteiger partial charge in [0.2, 0.25) is 0 Å². The summed E-state index contributed by atoms with van der Waals surface area (Å²) in [4.78, 5) is 11.9. The van der Waals surface area contributed by atoms with Crippen LogP contribution in [0.4, 0.5) is 0 Å². The molecule has 23 heavy (non-hydrogen) atoms. The quantitative estimate of drug-likeness (QED) is 0.746. The first kappa shape index (κ1) is 19.3. The van der Waals surface area contributed by atoms with Crippen LogP contribution in [0.5, 0.6) is 11.5 Å². The van der Waals surface area contributed by atoms with Gasteiger partial charge in [0.1, 0.15) is 0 Å². The second-order valence-electron chi connectivity index (χ2n) is 5.38. The number of rotatable bonds is 7. The Hall–Kier alpha value is -1.72. The van der Waals surface area contributed by atoms with Gasteiger partial charge in [-0.1, -0.05) is 12.1 Å². The molecule has 0 bridgehead atoms. The summed E-state index contributed by atoms with van der Waals surface area (Å²) >= 11 is 0. The van der Waals surface area contributed by atoms with E-state index in [2.05, 4.69) is 17.2 Å². The lowest BCUT2D eigenvalue weighted by atomic mass is 10.1. The fraction of sp³-hybridized carbons (Fsp3) is 0.471. The zero-order valence-electron chi connectivity index (χ0n) is 13.5. The van der Waals surface area contributed by atoms with Crippen LogP contribution in [0.2, 0.25) is 0 Å². The molecule has 1 saturated heterocycles. The molecule has 5 nitrogen and oxygen atoms in total. The summed E-state index contributed by atoms with van der Waals surface area (Å²) in [6, 6.07) is 5.87. The van der Waals surface area contributed by atoms with Gasteiger partial charge in [0, 0.05) is 12.6 Å². The Morgan fingerprint density at radius 2 is 2.30 bits per heavy atom. The number of methoxy groups -OCH3 is 1. The van der Waals surface area contributed by atoms with E-state index < -0.39 is 0 Å². The number of hydrogen-bond acceptors (Lipinski definition) is 4. The molecule has 1 aromatic rings. The standard InChI is InChI=1S/C17H24N2O3.ClH/c1-3-5-13-7-8-15(16(10-13)21-2)22-12-17(20)19-14-6-4-9-18-11-14;/h3,7-8,10,14,18H,1,4-6,9,11-12H2,2H3,(H,19,20);1H. The number of benzene rings is 1. The fourth-order valence-electron chi connectivity index (χ4n) is 2.51. The summed E-state index contributed by atoms with van der Waals surface area (Å²) in [5, 5.41) is 6.24. The van der Waals surface area contributed by atoms with Gasteiger partial charge >= 0.3 is 0 Å². The lowest BCUT2D eigenvalue weighted by Crippen LogP contribution is -2.47. The molecule has 0 radical (unpaired) electrons. The van der Waals surface area contributed by atoms with Crippen molar-refractivity contribution in [2.75, 3.05) is 26.8 Å². The Kier molecular flexibility index (Phi) is 8.51. The highest BCUT2D eigenvalue weighted by Crippen LogP contribution is 2.28. The molecule has 1 aliphatic rings. The first-order valence-corrected chi connectivity index (χ1v) is 7.63. The van der Waals surface area contributed by atoms with Gasteiger partial charge in [-0.05, 0) is 43.5 Å². The molecule has 0 spiro atoms. The van der Waals surface area contributed by atoms with Gasteiger partial charge in [-0.2, -0.15) is 0 Å². The Balaban J connectivity index is 0.00000264. The van der Waals surface area contributed by atoms with E-state index in [4.69, 9.17) is 9.47 Å². The predicted molar refractivity (Wildman–Crippen MR) is 93.7 cm³/mol. The number of ether oxygens (including phenoxy) is 2. The van der Waals surface area contributed by atoms with Gasteiger partial charge in [-0.25, -0.2) is 0 Å². The van der Waals surface area contributed by atoms with Crippen molar-refractivity contribution in [1.29, 1.82) is 0 Å². The van der Waals surface area contributed by atoms with Crippen molar-refractivity contribution in [1.82, 2.24) is 10.6 Å². The van der Waals surface area contributed by atoms with Crippen molar-refractivity contribution in [2.24, 2.45) is 0 Å². The second kappa shape index (κ2) is 10.1. The highest BCUT2D eigenvalue weighted by molar-refractivity contribution is 5.85. The highest BCUT2D eigenvalue weighted by Gasteiger charge is 2.16. The van der Waals surface area contributed by atoms with E-state index >= 15 is 0 Å². The molecular weight excluding hydrogens is 316 g/mol. The van der Waals surface area contributed by atoms with Crippen LogP contribution in [0.25, 0.3) is 0 Å². The number of hydrogen-bond donors (Lipinski definition) is 2. The normalized spacial score (nSPS) is 16.8. The smallest absolute Gasteiger partial charge is 0.258 e. The molecule has 0 aliphatic carbocycles. The molecule has 6 heteroatoms. The van der Waals surface area contributed by atoms with Crippen LogP contribution in [0.3, 0.4) is 0 Å². The van der Waals surface area contributed by atoms with Crippen LogP contribution in [0.15, 0.2) is 30.9 Å². The molecule has 1 unspecified atom stereocenters. The van der Waals surface area contributed by atoms with Gasteiger partial charge in [0.05, 0.1) is 7.11 Å². The van der Waals surface area contributed by atoms with Crippen LogP contribution in [0.1, 0.15) is 18.4 Å². The van der Waals surface area contributed by atoms with Gasteiger partial charge in [0.25, 0.3) is 5.91 Å². The maximum atomic E-state index is 11.9. The molecule has 1 fully saturated rings. The molecule has 1 atom stereocenters. The van der Waals surface area contributed by atoms with Gasteiger partial charge in [0.15, 0.2) is 18.1 Å². The maximum absolute atomic E-state index is 11.9. The van der Waals surface area contributed by atoms with Crippen LogP contribution < -0.4 is 20.1 Å². The number of piperidine rings is 1. The van der Waals surface area contributed by atoms with E-state index in [1.807, 2.05) is 24.3 Å².